The number of carboxylic acids is 1. The van der Waals surface area contributed by atoms with E-state index in [1.54, 1.807) is 0 Å². The van der Waals surface area contributed by atoms with Crippen molar-refractivity contribution in [2.24, 2.45) is 0 Å². The molecule has 92 valence electrons. The SMILES string of the molecule is Nc1cc(C(=O)O)c(-c2ccc(F)c(F)c2)cn1. The first-order valence-corrected chi connectivity index (χ1v) is 4.93. The van der Waals surface area contributed by atoms with E-state index in [4.69, 9.17) is 10.8 Å². The maximum Gasteiger partial charge on any atom is 0.336 e. The van der Waals surface area contributed by atoms with E-state index >= 15 is 0 Å². The lowest BCUT2D eigenvalue weighted by molar-refractivity contribution is 0.0697. The molecule has 0 saturated heterocycles. The molecule has 2 aromatic rings. The Kier molecular flexibility index (Phi) is 2.93. The molecule has 1 aromatic carbocycles. The quantitative estimate of drug-likeness (QED) is 0.857. The van der Waals surface area contributed by atoms with Gasteiger partial charge < -0.3 is 10.8 Å². The van der Waals surface area contributed by atoms with Crippen molar-refractivity contribution in [1.29, 1.82) is 0 Å². The number of hydrogen-bond acceptors (Lipinski definition) is 3. The third-order valence-electron chi connectivity index (χ3n) is 2.39. The lowest BCUT2D eigenvalue weighted by Gasteiger charge is -2.07. The van der Waals surface area contributed by atoms with Gasteiger partial charge in [0, 0.05) is 11.8 Å². The molecule has 0 amide bonds. The number of carbonyl (C=O) groups is 1. The van der Waals surface area contributed by atoms with Gasteiger partial charge in [0.1, 0.15) is 5.82 Å². The van der Waals surface area contributed by atoms with Gasteiger partial charge in [-0.05, 0) is 23.8 Å². The number of anilines is 1. The van der Waals surface area contributed by atoms with Crippen LogP contribution >= 0.6 is 0 Å². The first-order chi connectivity index (χ1) is 8.49. The van der Waals surface area contributed by atoms with Gasteiger partial charge in [-0.25, -0.2) is 18.6 Å². The van der Waals surface area contributed by atoms with E-state index in [-0.39, 0.29) is 22.5 Å². The monoisotopic (exact) mass is 250 g/mol. The van der Waals surface area contributed by atoms with E-state index in [0.717, 1.165) is 12.1 Å². The largest absolute Gasteiger partial charge is 0.478 e. The molecule has 2 rings (SSSR count). The third kappa shape index (κ3) is 2.13. The summed E-state index contributed by atoms with van der Waals surface area (Å²) < 4.78 is 25.9. The predicted molar refractivity (Wildman–Crippen MR) is 61.0 cm³/mol. The fourth-order valence-corrected chi connectivity index (χ4v) is 1.54. The summed E-state index contributed by atoms with van der Waals surface area (Å²) in [7, 11) is 0. The maximum atomic E-state index is 13.1. The molecule has 0 bridgehead atoms. The van der Waals surface area contributed by atoms with Crippen molar-refractivity contribution in [2.45, 2.75) is 0 Å². The Labute approximate surface area is 101 Å². The van der Waals surface area contributed by atoms with Gasteiger partial charge in [0.25, 0.3) is 0 Å². The van der Waals surface area contributed by atoms with Crippen molar-refractivity contribution in [3.63, 3.8) is 0 Å². The van der Waals surface area contributed by atoms with Crippen LogP contribution in [0.3, 0.4) is 0 Å². The second-order valence-electron chi connectivity index (χ2n) is 3.59. The van der Waals surface area contributed by atoms with Crippen LogP contribution in [0.4, 0.5) is 14.6 Å². The number of halogens is 2. The van der Waals surface area contributed by atoms with E-state index in [1.165, 1.54) is 18.3 Å². The minimum Gasteiger partial charge on any atom is -0.478 e. The fraction of sp³-hybridized carbons (Fsp3) is 0. The highest BCUT2D eigenvalue weighted by Crippen LogP contribution is 2.25. The van der Waals surface area contributed by atoms with Crippen LogP contribution in [0.1, 0.15) is 10.4 Å². The molecule has 0 fully saturated rings. The Hall–Kier alpha value is -2.50. The van der Waals surface area contributed by atoms with E-state index < -0.39 is 17.6 Å². The standard InChI is InChI=1S/C12H8F2N2O2/c13-9-2-1-6(3-10(9)14)8-5-16-11(15)4-7(8)12(17)18/h1-5H,(H2,15,16)(H,17,18). The minimum absolute atomic E-state index is 0.0405. The predicted octanol–water partition coefficient (Wildman–Crippen LogP) is 2.31. The topological polar surface area (TPSA) is 76.2 Å². The number of benzene rings is 1. The van der Waals surface area contributed by atoms with Gasteiger partial charge in [0.05, 0.1) is 5.56 Å². The minimum atomic E-state index is -1.22. The van der Waals surface area contributed by atoms with Gasteiger partial charge in [-0.3, -0.25) is 0 Å². The Balaban J connectivity index is 2.63. The highest BCUT2D eigenvalue weighted by atomic mass is 19.2. The number of nitrogen functional groups attached to an aromatic ring is 1. The number of nitrogens with two attached hydrogens (primary N) is 1. The van der Waals surface area contributed by atoms with E-state index in [9.17, 15) is 13.6 Å². The first kappa shape index (κ1) is 12.0. The number of aromatic nitrogens is 1. The zero-order valence-corrected chi connectivity index (χ0v) is 9.02. The summed E-state index contributed by atoms with van der Waals surface area (Å²) in [6.45, 7) is 0. The van der Waals surface area contributed by atoms with Crippen LogP contribution in [0.2, 0.25) is 0 Å². The number of hydrogen-bond donors (Lipinski definition) is 2. The Morgan fingerprint density at radius 1 is 1.22 bits per heavy atom. The Morgan fingerprint density at radius 2 is 1.94 bits per heavy atom. The van der Waals surface area contributed by atoms with Crippen LogP contribution in [0.25, 0.3) is 11.1 Å². The molecule has 0 saturated carbocycles. The Bertz CT molecular complexity index is 629. The van der Waals surface area contributed by atoms with Crippen LogP contribution < -0.4 is 5.73 Å². The van der Waals surface area contributed by atoms with Gasteiger partial charge in [-0.15, -0.1) is 0 Å². The van der Waals surface area contributed by atoms with Crippen LogP contribution in [0, 0.1) is 11.6 Å². The molecule has 0 aliphatic heterocycles. The van der Waals surface area contributed by atoms with Crippen molar-refractivity contribution in [3.05, 3.63) is 47.7 Å². The zero-order chi connectivity index (χ0) is 13.3. The van der Waals surface area contributed by atoms with Crippen molar-refractivity contribution in [2.75, 3.05) is 5.73 Å². The molecule has 6 heteroatoms. The average Bonchev–Trinajstić information content (AvgIpc) is 2.32. The molecule has 4 nitrogen and oxygen atoms in total. The maximum absolute atomic E-state index is 13.1. The van der Waals surface area contributed by atoms with Crippen molar-refractivity contribution in [1.82, 2.24) is 4.98 Å². The second-order valence-corrected chi connectivity index (χ2v) is 3.59. The third-order valence-corrected chi connectivity index (χ3v) is 2.39. The number of pyridine rings is 1. The molecule has 3 N–H and O–H groups in total. The van der Waals surface area contributed by atoms with Crippen LogP contribution in [0.15, 0.2) is 30.5 Å². The van der Waals surface area contributed by atoms with Crippen LogP contribution in [0.5, 0.6) is 0 Å². The van der Waals surface area contributed by atoms with Gasteiger partial charge in [0.2, 0.25) is 0 Å². The summed E-state index contributed by atoms with van der Waals surface area (Å²) in [4.78, 5) is 14.8. The molecule has 18 heavy (non-hydrogen) atoms. The fourth-order valence-electron chi connectivity index (χ4n) is 1.54. The average molecular weight is 250 g/mol. The molecular formula is C12H8F2N2O2. The molecule has 0 spiro atoms. The van der Waals surface area contributed by atoms with Crippen molar-refractivity contribution < 1.29 is 18.7 Å². The lowest BCUT2D eigenvalue weighted by atomic mass is 10.0. The molecule has 0 aliphatic rings. The molecule has 0 unspecified atom stereocenters. The second kappa shape index (κ2) is 4.40. The number of aromatic carboxylic acids is 1. The smallest absolute Gasteiger partial charge is 0.336 e. The van der Waals surface area contributed by atoms with Crippen molar-refractivity contribution >= 4 is 11.8 Å². The summed E-state index contributed by atoms with van der Waals surface area (Å²) in [6, 6.07) is 4.28. The molecule has 0 radical (unpaired) electrons. The molecule has 0 aliphatic carbocycles. The summed E-state index contributed by atoms with van der Waals surface area (Å²) in [5.74, 6) is -3.23. The number of carboxylic acid groups (broad SMARTS) is 1. The lowest BCUT2D eigenvalue weighted by Crippen LogP contribution is -2.03. The molecular weight excluding hydrogens is 242 g/mol. The molecule has 1 aromatic heterocycles. The first-order valence-electron chi connectivity index (χ1n) is 4.93. The highest BCUT2D eigenvalue weighted by Gasteiger charge is 2.14. The van der Waals surface area contributed by atoms with Crippen LogP contribution in [-0.2, 0) is 0 Å². The van der Waals surface area contributed by atoms with E-state index in [1.807, 2.05) is 0 Å². The van der Waals surface area contributed by atoms with Gasteiger partial charge >= 0.3 is 5.97 Å². The number of nitrogens with zero attached hydrogens (tertiary/aromatic N) is 1. The summed E-state index contributed by atoms with van der Waals surface area (Å²) in [6.07, 6.45) is 1.21. The highest BCUT2D eigenvalue weighted by molar-refractivity contribution is 5.96. The van der Waals surface area contributed by atoms with Gasteiger partial charge in [0.15, 0.2) is 11.6 Å². The number of rotatable bonds is 2. The molecule has 1 heterocycles. The van der Waals surface area contributed by atoms with Gasteiger partial charge in [-0.2, -0.15) is 0 Å². The molecule has 0 atom stereocenters. The van der Waals surface area contributed by atoms with Gasteiger partial charge in [-0.1, -0.05) is 6.07 Å². The Morgan fingerprint density at radius 3 is 2.56 bits per heavy atom. The van der Waals surface area contributed by atoms with E-state index in [2.05, 4.69) is 4.98 Å². The van der Waals surface area contributed by atoms with E-state index in [0.29, 0.717) is 0 Å². The zero-order valence-electron chi connectivity index (χ0n) is 9.02. The summed E-state index contributed by atoms with van der Waals surface area (Å²) in [5.41, 5.74) is 5.67. The van der Waals surface area contributed by atoms with Crippen molar-refractivity contribution in [3.8, 4) is 11.1 Å². The summed E-state index contributed by atoms with van der Waals surface area (Å²) in [5, 5.41) is 9.02. The summed E-state index contributed by atoms with van der Waals surface area (Å²) >= 11 is 0. The van der Waals surface area contributed by atoms with Crippen LogP contribution in [-0.4, -0.2) is 16.1 Å². The normalized spacial score (nSPS) is 10.3.